The molecule has 0 amide bonds. The van der Waals surface area contributed by atoms with Gasteiger partial charge in [0.2, 0.25) is 0 Å². The summed E-state index contributed by atoms with van der Waals surface area (Å²) >= 11 is 12.0. The summed E-state index contributed by atoms with van der Waals surface area (Å²) in [6, 6.07) is 1.04. The quantitative estimate of drug-likeness (QED) is 0.516. The highest BCUT2D eigenvalue weighted by Crippen LogP contribution is 2.17. The van der Waals surface area contributed by atoms with E-state index in [0.717, 1.165) is 12.8 Å². The van der Waals surface area contributed by atoms with Crippen LogP contribution in [-0.4, -0.2) is 24.2 Å². The molecule has 0 bridgehead atoms. The third-order valence-corrected chi connectivity index (χ3v) is 5.25. The standard InChI is InChI=1S/C8H19Cl2NSi/c1-5-7(3)11(12(9)10)8(4)6-2/h7-8,12H,5-6H2,1-4H3. The fourth-order valence-electron chi connectivity index (χ4n) is 1.24. The van der Waals surface area contributed by atoms with Crippen molar-refractivity contribution in [3.05, 3.63) is 0 Å². The highest BCUT2D eigenvalue weighted by Gasteiger charge is 2.24. The van der Waals surface area contributed by atoms with E-state index in [1.165, 1.54) is 0 Å². The zero-order valence-corrected chi connectivity index (χ0v) is 11.0. The Bertz CT molecular complexity index is 112. The first kappa shape index (κ1) is 12.8. The lowest BCUT2D eigenvalue weighted by atomic mass is 10.2. The van der Waals surface area contributed by atoms with Crippen LogP contribution in [0.25, 0.3) is 0 Å². The number of hydrogen-bond acceptors (Lipinski definition) is 1. The molecular weight excluding hydrogens is 209 g/mol. The lowest BCUT2D eigenvalue weighted by molar-refractivity contribution is 0.270. The van der Waals surface area contributed by atoms with E-state index >= 15 is 0 Å². The summed E-state index contributed by atoms with van der Waals surface area (Å²) in [5.41, 5.74) is 0. The second-order valence-electron chi connectivity index (χ2n) is 3.24. The van der Waals surface area contributed by atoms with Crippen molar-refractivity contribution in [3.8, 4) is 0 Å². The third-order valence-electron chi connectivity index (χ3n) is 2.42. The van der Waals surface area contributed by atoms with Gasteiger partial charge >= 0.3 is 7.58 Å². The fraction of sp³-hybridized carbons (Fsp3) is 1.00. The molecule has 0 aromatic heterocycles. The van der Waals surface area contributed by atoms with Crippen LogP contribution in [0.1, 0.15) is 40.5 Å². The Kier molecular flexibility index (Phi) is 6.64. The first-order valence-corrected chi connectivity index (χ1v) is 8.60. The van der Waals surface area contributed by atoms with Crippen LogP contribution in [0, 0.1) is 0 Å². The van der Waals surface area contributed by atoms with Crippen molar-refractivity contribution in [2.24, 2.45) is 0 Å². The summed E-state index contributed by atoms with van der Waals surface area (Å²) in [5, 5.41) is 0. The molecule has 0 aromatic carbocycles. The number of nitrogens with zero attached hydrogens (tertiary/aromatic N) is 1. The SMILES string of the molecule is CCC(C)N(C(C)CC)[SiH](Cl)Cl. The van der Waals surface area contributed by atoms with Crippen molar-refractivity contribution in [1.82, 2.24) is 4.57 Å². The molecule has 0 N–H and O–H groups in total. The van der Waals surface area contributed by atoms with Crippen LogP contribution in [0.5, 0.6) is 0 Å². The Morgan fingerprint density at radius 2 is 1.42 bits per heavy atom. The molecule has 0 rings (SSSR count). The molecule has 1 nitrogen and oxygen atoms in total. The van der Waals surface area contributed by atoms with Crippen molar-refractivity contribution < 1.29 is 0 Å². The van der Waals surface area contributed by atoms with Crippen molar-refractivity contribution in [1.29, 1.82) is 0 Å². The van der Waals surface area contributed by atoms with Gasteiger partial charge in [0, 0.05) is 12.1 Å². The highest BCUT2D eigenvalue weighted by molar-refractivity contribution is 7.32. The topological polar surface area (TPSA) is 3.24 Å². The monoisotopic (exact) mass is 227 g/mol. The summed E-state index contributed by atoms with van der Waals surface area (Å²) in [5.74, 6) is 0. The van der Waals surface area contributed by atoms with Crippen molar-refractivity contribution in [3.63, 3.8) is 0 Å². The van der Waals surface area contributed by atoms with E-state index in [0.29, 0.717) is 12.1 Å². The van der Waals surface area contributed by atoms with Gasteiger partial charge in [0.1, 0.15) is 0 Å². The van der Waals surface area contributed by atoms with E-state index in [2.05, 4.69) is 32.3 Å². The molecule has 0 heterocycles. The average Bonchev–Trinajstić information content (AvgIpc) is 2.03. The Morgan fingerprint density at radius 3 is 1.58 bits per heavy atom. The van der Waals surface area contributed by atoms with Gasteiger partial charge in [0.15, 0.2) is 0 Å². The van der Waals surface area contributed by atoms with Gasteiger partial charge in [-0.3, -0.25) is 4.57 Å². The van der Waals surface area contributed by atoms with E-state index in [1.807, 2.05) is 0 Å². The van der Waals surface area contributed by atoms with Crippen molar-refractivity contribution in [2.75, 3.05) is 0 Å². The van der Waals surface area contributed by atoms with Crippen LogP contribution >= 0.6 is 22.2 Å². The number of hydrogen-bond donors (Lipinski definition) is 0. The molecular formula is C8H19Cl2NSi. The van der Waals surface area contributed by atoms with Crippen LogP contribution in [0.3, 0.4) is 0 Å². The predicted octanol–water partition coefficient (Wildman–Crippen LogP) is 3.08. The van der Waals surface area contributed by atoms with E-state index in [-0.39, 0.29) is 0 Å². The van der Waals surface area contributed by atoms with Crippen molar-refractivity contribution >= 4 is 29.7 Å². The molecule has 0 aliphatic carbocycles. The minimum Gasteiger partial charge on any atom is -0.298 e. The summed E-state index contributed by atoms with van der Waals surface area (Å²) < 4.78 is 2.28. The molecule has 0 radical (unpaired) electrons. The minimum absolute atomic E-state index is 0.520. The first-order valence-electron chi connectivity index (χ1n) is 4.60. The Morgan fingerprint density at radius 1 is 1.08 bits per heavy atom. The van der Waals surface area contributed by atoms with E-state index in [9.17, 15) is 0 Å². The van der Waals surface area contributed by atoms with Gasteiger partial charge in [0.05, 0.1) is 0 Å². The Labute approximate surface area is 87.1 Å². The maximum absolute atomic E-state index is 6.02. The van der Waals surface area contributed by atoms with Gasteiger partial charge in [-0.05, 0) is 12.8 Å². The summed E-state index contributed by atoms with van der Waals surface area (Å²) in [4.78, 5) is 0. The normalized spacial score (nSPS) is 17.0. The molecule has 2 atom stereocenters. The fourth-order valence-corrected chi connectivity index (χ4v) is 4.74. The molecule has 2 unspecified atom stereocenters. The minimum atomic E-state index is -1.66. The van der Waals surface area contributed by atoms with Crippen LogP contribution in [0.2, 0.25) is 0 Å². The zero-order chi connectivity index (χ0) is 9.72. The van der Waals surface area contributed by atoms with E-state index < -0.39 is 7.58 Å². The lowest BCUT2D eigenvalue weighted by Crippen LogP contribution is -2.44. The largest absolute Gasteiger partial charge is 0.309 e. The molecule has 4 heteroatoms. The van der Waals surface area contributed by atoms with Gasteiger partial charge in [-0.2, -0.15) is 0 Å². The number of rotatable bonds is 5. The molecule has 0 saturated carbocycles. The predicted molar refractivity (Wildman–Crippen MR) is 60.2 cm³/mol. The molecule has 0 aromatic rings. The molecule has 0 aliphatic rings. The molecule has 0 aliphatic heterocycles. The van der Waals surface area contributed by atoms with Crippen LogP contribution in [-0.2, 0) is 0 Å². The van der Waals surface area contributed by atoms with Gasteiger partial charge in [-0.25, -0.2) is 0 Å². The summed E-state index contributed by atoms with van der Waals surface area (Å²) in [6.07, 6.45) is 2.24. The summed E-state index contributed by atoms with van der Waals surface area (Å²) in [6.45, 7) is 8.73. The molecule has 74 valence electrons. The first-order chi connectivity index (χ1) is 5.54. The van der Waals surface area contributed by atoms with Gasteiger partial charge in [-0.1, -0.05) is 27.7 Å². The van der Waals surface area contributed by atoms with E-state index in [1.54, 1.807) is 0 Å². The van der Waals surface area contributed by atoms with E-state index in [4.69, 9.17) is 22.2 Å². The van der Waals surface area contributed by atoms with Crippen LogP contribution < -0.4 is 0 Å². The highest BCUT2D eigenvalue weighted by atomic mass is 35.7. The van der Waals surface area contributed by atoms with Crippen LogP contribution in [0.15, 0.2) is 0 Å². The Hall–Kier alpha value is 0.757. The number of halogens is 2. The molecule has 0 spiro atoms. The third kappa shape index (κ3) is 3.65. The average molecular weight is 228 g/mol. The zero-order valence-electron chi connectivity index (χ0n) is 8.35. The maximum Gasteiger partial charge on any atom is 0.309 e. The van der Waals surface area contributed by atoms with Gasteiger partial charge in [0.25, 0.3) is 0 Å². The second kappa shape index (κ2) is 6.25. The smallest absolute Gasteiger partial charge is 0.298 e. The second-order valence-corrected chi connectivity index (χ2v) is 7.54. The maximum atomic E-state index is 6.02. The lowest BCUT2D eigenvalue weighted by Gasteiger charge is -2.34. The van der Waals surface area contributed by atoms with Gasteiger partial charge in [-0.15, -0.1) is 22.2 Å². The summed E-state index contributed by atoms with van der Waals surface area (Å²) in [7, 11) is -1.66. The molecule has 12 heavy (non-hydrogen) atoms. The molecule has 0 saturated heterocycles. The van der Waals surface area contributed by atoms with Gasteiger partial charge < -0.3 is 0 Å². The van der Waals surface area contributed by atoms with Crippen LogP contribution in [0.4, 0.5) is 0 Å². The molecule has 0 fully saturated rings. The Balaban J connectivity index is 4.21. The van der Waals surface area contributed by atoms with Crippen molar-refractivity contribution in [2.45, 2.75) is 52.6 Å².